The minimum atomic E-state index is -1.79. The number of aliphatic carboxylic acids is 1. The van der Waals surface area contributed by atoms with Gasteiger partial charge < -0.3 is 15.5 Å². The fourth-order valence-electron chi connectivity index (χ4n) is 1.73. The molecular weight excluding hydrogens is 291 g/mol. The van der Waals surface area contributed by atoms with E-state index in [0.717, 1.165) is 0 Å². The molecule has 0 aliphatic carbocycles. The molecule has 1 amide bonds. The van der Waals surface area contributed by atoms with Crippen LogP contribution in [-0.4, -0.2) is 28.6 Å². The molecule has 0 heterocycles. The molecule has 1 rings (SSSR count). The van der Waals surface area contributed by atoms with Crippen molar-refractivity contribution in [1.82, 2.24) is 5.32 Å². The van der Waals surface area contributed by atoms with Crippen LogP contribution in [0.25, 0.3) is 0 Å². The van der Waals surface area contributed by atoms with Crippen LogP contribution < -0.4 is 5.32 Å². The summed E-state index contributed by atoms with van der Waals surface area (Å²) in [5.74, 6) is -9.71. The maximum atomic E-state index is 13.5. The lowest BCUT2D eigenvalue weighted by Gasteiger charge is -2.13. The Hall–Kier alpha value is -2.25. The summed E-state index contributed by atoms with van der Waals surface area (Å²) < 4.78 is 39.4. The van der Waals surface area contributed by atoms with Gasteiger partial charge in [-0.2, -0.15) is 4.39 Å². The van der Waals surface area contributed by atoms with Crippen LogP contribution in [0.3, 0.4) is 0 Å². The van der Waals surface area contributed by atoms with Crippen molar-refractivity contribution in [3.63, 3.8) is 0 Å². The van der Waals surface area contributed by atoms with Gasteiger partial charge in [0.05, 0.1) is 11.5 Å². The molecule has 0 aromatic heterocycles. The van der Waals surface area contributed by atoms with E-state index in [1.165, 1.54) is 0 Å². The van der Waals surface area contributed by atoms with Crippen molar-refractivity contribution >= 4 is 11.9 Å². The Kier molecular flexibility index (Phi) is 5.57. The van der Waals surface area contributed by atoms with Gasteiger partial charge in [0.25, 0.3) is 5.91 Å². The smallest absolute Gasteiger partial charge is 0.308 e. The van der Waals surface area contributed by atoms with Crippen LogP contribution in [0.4, 0.5) is 13.2 Å². The van der Waals surface area contributed by atoms with Crippen molar-refractivity contribution in [3.05, 3.63) is 29.1 Å². The van der Waals surface area contributed by atoms with Gasteiger partial charge in [0.15, 0.2) is 17.4 Å². The molecule has 1 aromatic carbocycles. The average molecular weight is 305 g/mol. The van der Waals surface area contributed by atoms with Crippen LogP contribution >= 0.6 is 0 Å². The molecule has 0 saturated carbocycles. The van der Waals surface area contributed by atoms with Gasteiger partial charge in [-0.1, -0.05) is 13.3 Å². The summed E-state index contributed by atoms with van der Waals surface area (Å²) in [6.07, 6.45) is 0.855. The number of amides is 1. The number of nitrogens with one attached hydrogen (secondary N) is 1. The second kappa shape index (κ2) is 6.96. The maximum Gasteiger partial charge on any atom is 0.308 e. The fourth-order valence-corrected chi connectivity index (χ4v) is 1.73. The summed E-state index contributed by atoms with van der Waals surface area (Å²) in [6, 6.07) is 0.301. The molecule has 3 N–H and O–H groups in total. The summed E-state index contributed by atoms with van der Waals surface area (Å²) in [6.45, 7) is 1.46. The van der Waals surface area contributed by atoms with E-state index in [2.05, 4.69) is 5.32 Å². The van der Waals surface area contributed by atoms with Crippen molar-refractivity contribution < 1.29 is 33.0 Å². The fraction of sp³-hybridized carbons (Fsp3) is 0.385. The molecule has 8 heteroatoms. The van der Waals surface area contributed by atoms with Gasteiger partial charge in [-0.15, -0.1) is 0 Å². The van der Waals surface area contributed by atoms with Gasteiger partial charge in [-0.25, -0.2) is 8.78 Å². The lowest BCUT2D eigenvalue weighted by atomic mass is 10.0. The number of benzene rings is 1. The van der Waals surface area contributed by atoms with Crippen molar-refractivity contribution in [1.29, 1.82) is 0 Å². The Morgan fingerprint density at radius 1 is 1.29 bits per heavy atom. The van der Waals surface area contributed by atoms with Gasteiger partial charge in [0, 0.05) is 6.54 Å². The second-order valence-electron chi connectivity index (χ2n) is 4.42. The number of hydrogen-bond acceptors (Lipinski definition) is 3. The van der Waals surface area contributed by atoms with Gasteiger partial charge in [-0.3, -0.25) is 9.59 Å². The summed E-state index contributed by atoms with van der Waals surface area (Å²) in [5.41, 5.74) is -0.896. The summed E-state index contributed by atoms with van der Waals surface area (Å²) >= 11 is 0. The van der Waals surface area contributed by atoms with E-state index in [1.54, 1.807) is 6.92 Å². The van der Waals surface area contributed by atoms with Crippen molar-refractivity contribution in [3.8, 4) is 5.75 Å². The highest BCUT2D eigenvalue weighted by Crippen LogP contribution is 2.25. The monoisotopic (exact) mass is 305 g/mol. The van der Waals surface area contributed by atoms with Crippen molar-refractivity contribution in [2.45, 2.75) is 19.8 Å². The molecule has 0 aliphatic rings. The van der Waals surface area contributed by atoms with Gasteiger partial charge in [-0.05, 0) is 12.5 Å². The summed E-state index contributed by atoms with van der Waals surface area (Å²) in [4.78, 5) is 22.6. The van der Waals surface area contributed by atoms with E-state index in [0.29, 0.717) is 18.9 Å². The van der Waals surface area contributed by atoms with Crippen LogP contribution in [0.5, 0.6) is 5.75 Å². The van der Waals surface area contributed by atoms with E-state index in [1.807, 2.05) is 0 Å². The number of carboxylic acid groups (broad SMARTS) is 1. The third kappa shape index (κ3) is 3.87. The molecular formula is C13H14F3NO4. The van der Waals surface area contributed by atoms with Gasteiger partial charge in [0.2, 0.25) is 5.82 Å². The lowest BCUT2D eigenvalue weighted by Crippen LogP contribution is -2.33. The zero-order valence-electron chi connectivity index (χ0n) is 11.1. The molecule has 1 unspecified atom stereocenters. The average Bonchev–Trinajstić information content (AvgIpc) is 2.44. The van der Waals surface area contributed by atoms with Crippen LogP contribution in [0.15, 0.2) is 6.07 Å². The Morgan fingerprint density at radius 3 is 2.43 bits per heavy atom. The molecule has 116 valence electrons. The predicted octanol–water partition coefficient (Wildman–Crippen LogP) is 2.04. The molecule has 5 nitrogen and oxygen atoms in total. The lowest BCUT2D eigenvalue weighted by molar-refractivity contribution is -0.141. The van der Waals surface area contributed by atoms with Crippen molar-refractivity contribution in [2.24, 2.45) is 5.92 Å². The van der Waals surface area contributed by atoms with E-state index >= 15 is 0 Å². The first kappa shape index (κ1) is 16.8. The number of carbonyl (C=O) groups is 2. The second-order valence-corrected chi connectivity index (χ2v) is 4.42. The molecule has 0 radical (unpaired) electrons. The van der Waals surface area contributed by atoms with E-state index < -0.39 is 46.6 Å². The van der Waals surface area contributed by atoms with Gasteiger partial charge >= 0.3 is 5.97 Å². The molecule has 21 heavy (non-hydrogen) atoms. The molecule has 1 atom stereocenters. The van der Waals surface area contributed by atoms with Crippen LogP contribution in [0.2, 0.25) is 0 Å². The SMILES string of the molecule is CCCC(CNC(=O)c1cc(F)c(F)c(O)c1F)C(=O)O. The number of phenols is 1. The number of rotatable bonds is 6. The molecule has 0 aliphatic heterocycles. The standard InChI is InChI=1S/C13H14F3NO4/c1-2-3-6(13(20)21)5-17-12(19)7-4-8(14)10(16)11(18)9(7)15/h4,6,18H,2-3,5H2,1H3,(H,17,19)(H,20,21). The van der Waals surface area contributed by atoms with Crippen LogP contribution in [0.1, 0.15) is 30.1 Å². The third-order valence-electron chi connectivity index (χ3n) is 2.87. The van der Waals surface area contributed by atoms with E-state index in [-0.39, 0.29) is 6.54 Å². The predicted molar refractivity (Wildman–Crippen MR) is 66.3 cm³/mol. The minimum absolute atomic E-state index is 0.290. The first-order valence-corrected chi connectivity index (χ1v) is 6.17. The Labute approximate surface area is 118 Å². The van der Waals surface area contributed by atoms with Crippen LogP contribution in [0, 0.1) is 23.4 Å². The number of carbonyl (C=O) groups excluding carboxylic acids is 1. The molecule has 0 bridgehead atoms. The number of hydrogen-bond donors (Lipinski definition) is 3. The first-order valence-electron chi connectivity index (χ1n) is 6.17. The summed E-state index contributed by atoms with van der Waals surface area (Å²) in [5, 5.41) is 20.0. The Morgan fingerprint density at radius 2 is 1.90 bits per heavy atom. The van der Waals surface area contributed by atoms with E-state index in [4.69, 9.17) is 10.2 Å². The number of halogens is 3. The highest BCUT2D eigenvalue weighted by Gasteiger charge is 2.24. The quantitative estimate of drug-likeness (QED) is 0.702. The number of carboxylic acids is 1. The molecule has 0 fully saturated rings. The minimum Gasteiger partial charge on any atom is -0.503 e. The third-order valence-corrected chi connectivity index (χ3v) is 2.87. The Balaban J connectivity index is 2.88. The molecule has 0 saturated heterocycles. The topological polar surface area (TPSA) is 86.6 Å². The molecule has 1 aromatic rings. The zero-order valence-corrected chi connectivity index (χ0v) is 11.1. The highest BCUT2D eigenvalue weighted by atomic mass is 19.2. The number of phenolic OH excluding ortho intramolecular Hbond substituents is 1. The summed E-state index contributed by atoms with van der Waals surface area (Å²) in [7, 11) is 0. The highest BCUT2D eigenvalue weighted by molar-refractivity contribution is 5.95. The normalized spacial score (nSPS) is 12.0. The first-order chi connectivity index (χ1) is 9.79. The zero-order chi connectivity index (χ0) is 16.2. The van der Waals surface area contributed by atoms with Gasteiger partial charge in [0.1, 0.15) is 0 Å². The van der Waals surface area contributed by atoms with E-state index in [9.17, 15) is 22.8 Å². The van der Waals surface area contributed by atoms with Crippen LogP contribution in [-0.2, 0) is 4.79 Å². The largest absolute Gasteiger partial charge is 0.503 e. The number of aromatic hydroxyl groups is 1. The molecule has 0 spiro atoms. The Bertz CT molecular complexity index is 563. The maximum absolute atomic E-state index is 13.5. The van der Waals surface area contributed by atoms with Crippen molar-refractivity contribution in [2.75, 3.05) is 6.54 Å².